The van der Waals surface area contributed by atoms with Gasteiger partial charge in [0.1, 0.15) is 11.4 Å². The molecule has 2 rings (SSSR count). The molecule has 0 saturated heterocycles. The minimum absolute atomic E-state index is 0.0761. The first-order valence-corrected chi connectivity index (χ1v) is 6.30. The van der Waals surface area contributed by atoms with Gasteiger partial charge in [-0.05, 0) is 29.7 Å². The van der Waals surface area contributed by atoms with Gasteiger partial charge in [0.2, 0.25) is 0 Å². The number of aromatic nitrogens is 2. The third kappa shape index (κ3) is 2.66. The van der Waals surface area contributed by atoms with Crippen molar-refractivity contribution in [1.82, 2.24) is 10.2 Å². The van der Waals surface area contributed by atoms with Crippen LogP contribution in [0.15, 0.2) is 24.3 Å². The number of carboxylic acids is 1. The van der Waals surface area contributed by atoms with E-state index in [1.165, 1.54) is 6.07 Å². The Labute approximate surface area is 117 Å². The van der Waals surface area contributed by atoms with Crippen molar-refractivity contribution in [3.63, 3.8) is 0 Å². The zero-order chi connectivity index (χ0) is 14.9. The zero-order valence-corrected chi connectivity index (χ0v) is 12.0. The van der Waals surface area contributed by atoms with E-state index in [2.05, 4.69) is 31.0 Å². The Morgan fingerprint density at radius 1 is 1.30 bits per heavy atom. The molecule has 2 aromatic rings. The predicted molar refractivity (Wildman–Crippen MR) is 76.2 cm³/mol. The second-order valence-electron chi connectivity index (χ2n) is 5.64. The van der Waals surface area contributed by atoms with Gasteiger partial charge in [-0.15, -0.1) is 0 Å². The van der Waals surface area contributed by atoms with Gasteiger partial charge in [0.25, 0.3) is 0 Å². The molecule has 1 heterocycles. The molecule has 2 N–H and O–H groups in total. The molecule has 20 heavy (non-hydrogen) atoms. The van der Waals surface area contributed by atoms with E-state index in [1.54, 1.807) is 7.11 Å². The van der Waals surface area contributed by atoms with Crippen molar-refractivity contribution >= 4 is 5.97 Å². The minimum Gasteiger partial charge on any atom is -0.496 e. The summed E-state index contributed by atoms with van der Waals surface area (Å²) in [7, 11) is 1.64. The number of carbonyl (C=O) groups is 1. The fraction of sp³-hybridized carbons (Fsp3) is 0.333. The van der Waals surface area contributed by atoms with Crippen molar-refractivity contribution in [2.45, 2.75) is 26.2 Å². The summed E-state index contributed by atoms with van der Waals surface area (Å²) in [4.78, 5) is 10.9. The summed E-state index contributed by atoms with van der Waals surface area (Å²) in [5.74, 6) is -0.205. The first-order chi connectivity index (χ1) is 9.32. The summed E-state index contributed by atoms with van der Waals surface area (Å²) in [6.45, 7) is 6.30. The van der Waals surface area contributed by atoms with Crippen LogP contribution in [0.1, 0.15) is 36.8 Å². The molecule has 0 aliphatic heterocycles. The summed E-state index contributed by atoms with van der Waals surface area (Å²) < 4.78 is 5.38. The molecule has 0 aliphatic carbocycles. The maximum atomic E-state index is 10.9. The molecule has 5 nitrogen and oxygen atoms in total. The first-order valence-electron chi connectivity index (χ1n) is 6.30. The van der Waals surface area contributed by atoms with Crippen LogP contribution < -0.4 is 4.74 Å². The van der Waals surface area contributed by atoms with Crippen LogP contribution in [-0.2, 0) is 5.41 Å². The molecule has 1 aromatic carbocycles. The Hall–Kier alpha value is -2.30. The van der Waals surface area contributed by atoms with E-state index in [9.17, 15) is 4.79 Å². The molecule has 0 amide bonds. The average Bonchev–Trinajstić information content (AvgIpc) is 2.86. The quantitative estimate of drug-likeness (QED) is 0.901. The predicted octanol–water partition coefficient (Wildman–Crippen LogP) is 3.08. The lowest BCUT2D eigenvalue weighted by molar-refractivity contribution is 0.0690. The van der Waals surface area contributed by atoms with Crippen molar-refractivity contribution in [2.75, 3.05) is 7.11 Å². The van der Waals surface area contributed by atoms with Crippen LogP contribution in [0, 0.1) is 0 Å². The standard InChI is InChI=1S/C15H18N2O3/c1-15(2,3)10-7-9(5-6-13(10)20-4)11-8-12(14(18)19)17-16-11/h5-8H,1-4H3,(H,16,17)(H,18,19). The summed E-state index contributed by atoms with van der Waals surface area (Å²) in [6, 6.07) is 7.26. The molecular weight excluding hydrogens is 256 g/mol. The van der Waals surface area contributed by atoms with Crippen LogP contribution in [0.5, 0.6) is 5.75 Å². The minimum atomic E-state index is -1.02. The summed E-state index contributed by atoms with van der Waals surface area (Å²) >= 11 is 0. The summed E-state index contributed by atoms with van der Waals surface area (Å²) in [5.41, 5.74) is 2.52. The second kappa shape index (κ2) is 5.00. The van der Waals surface area contributed by atoms with Crippen LogP contribution in [0.25, 0.3) is 11.3 Å². The van der Waals surface area contributed by atoms with Gasteiger partial charge in [0.15, 0.2) is 0 Å². The number of nitrogens with one attached hydrogen (secondary N) is 1. The number of nitrogens with zero attached hydrogens (tertiary/aromatic N) is 1. The van der Waals surface area contributed by atoms with Crippen LogP contribution in [0.2, 0.25) is 0 Å². The van der Waals surface area contributed by atoms with Crippen molar-refractivity contribution < 1.29 is 14.6 Å². The lowest BCUT2D eigenvalue weighted by Gasteiger charge is -2.22. The second-order valence-corrected chi connectivity index (χ2v) is 5.64. The molecule has 0 atom stereocenters. The molecule has 0 unspecified atom stereocenters. The van der Waals surface area contributed by atoms with Crippen LogP contribution in [0.3, 0.4) is 0 Å². The highest BCUT2D eigenvalue weighted by atomic mass is 16.5. The van der Waals surface area contributed by atoms with Gasteiger partial charge in [-0.3, -0.25) is 5.10 Å². The Balaban J connectivity index is 2.50. The van der Waals surface area contributed by atoms with Crippen molar-refractivity contribution in [1.29, 1.82) is 0 Å². The maximum Gasteiger partial charge on any atom is 0.353 e. The van der Waals surface area contributed by atoms with E-state index in [0.29, 0.717) is 5.69 Å². The third-order valence-corrected chi connectivity index (χ3v) is 3.11. The Morgan fingerprint density at radius 3 is 2.50 bits per heavy atom. The van der Waals surface area contributed by atoms with Gasteiger partial charge in [0, 0.05) is 11.1 Å². The monoisotopic (exact) mass is 274 g/mol. The number of hydrogen-bond donors (Lipinski definition) is 2. The number of aromatic carboxylic acids is 1. The van der Waals surface area contributed by atoms with Crippen molar-refractivity contribution in [2.24, 2.45) is 0 Å². The molecule has 0 saturated carbocycles. The molecule has 0 spiro atoms. The SMILES string of the molecule is COc1ccc(-c2cc(C(=O)O)[nH]n2)cc1C(C)(C)C. The molecule has 0 radical (unpaired) electrons. The highest BCUT2D eigenvalue weighted by Gasteiger charge is 2.20. The molecule has 1 aromatic heterocycles. The molecule has 5 heteroatoms. The first kappa shape index (κ1) is 14.1. The number of ether oxygens (including phenoxy) is 1. The molecular formula is C15H18N2O3. The van der Waals surface area contributed by atoms with Gasteiger partial charge in [-0.25, -0.2) is 4.79 Å². The van der Waals surface area contributed by atoms with Gasteiger partial charge in [0.05, 0.1) is 12.8 Å². The third-order valence-electron chi connectivity index (χ3n) is 3.11. The van der Waals surface area contributed by atoms with Gasteiger partial charge in [-0.2, -0.15) is 5.10 Å². The van der Waals surface area contributed by atoms with E-state index >= 15 is 0 Å². The highest BCUT2D eigenvalue weighted by Crippen LogP contribution is 2.34. The molecule has 0 bridgehead atoms. The Kier molecular flexibility index (Phi) is 3.53. The van der Waals surface area contributed by atoms with Crippen LogP contribution in [-0.4, -0.2) is 28.4 Å². The van der Waals surface area contributed by atoms with Gasteiger partial charge < -0.3 is 9.84 Å². The number of H-pyrrole nitrogens is 1. The lowest BCUT2D eigenvalue weighted by Crippen LogP contribution is -2.12. The highest BCUT2D eigenvalue weighted by molar-refractivity contribution is 5.86. The number of aromatic amines is 1. The summed E-state index contributed by atoms with van der Waals surface area (Å²) in [5, 5.41) is 15.5. The van der Waals surface area contributed by atoms with Crippen LogP contribution >= 0.6 is 0 Å². The topological polar surface area (TPSA) is 75.2 Å². The summed E-state index contributed by atoms with van der Waals surface area (Å²) in [6.07, 6.45) is 0. The molecule has 106 valence electrons. The number of benzene rings is 1. The van der Waals surface area contributed by atoms with E-state index in [4.69, 9.17) is 9.84 Å². The molecule has 0 aliphatic rings. The molecule has 0 fully saturated rings. The van der Waals surface area contributed by atoms with E-state index in [1.807, 2.05) is 18.2 Å². The number of rotatable bonds is 3. The largest absolute Gasteiger partial charge is 0.496 e. The fourth-order valence-corrected chi connectivity index (χ4v) is 2.03. The lowest BCUT2D eigenvalue weighted by atomic mass is 9.85. The normalized spacial score (nSPS) is 11.4. The smallest absolute Gasteiger partial charge is 0.353 e. The average molecular weight is 274 g/mol. The van der Waals surface area contributed by atoms with Crippen molar-refractivity contribution in [3.05, 3.63) is 35.5 Å². The van der Waals surface area contributed by atoms with Gasteiger partial charge >= 0.3 is 5.97 Å². The van der Waals surface area contributed by atoms with Crippen molar-refractivity contribution in [3.8, 4) is 17.0 Å². The van der Waals surface area contributed by atoms with E-state index < -0.39 is 5.97 Å². The fourth-order valence-electron chi connectivity index (χ4n) is 2.03. The van der Waals surface area contributed by atoms with Crippen LogP contribution in [0.4, 0.5) is 0 Å². The maximum absolute atomic E-state index is 10.9. The Morgan fingerprint density at radius 2 is 2.00 bits per heavy atom. The van der Waals surface area contributed by atoms with E-state index in [-0.39, 0.29) is 11.1 Å². The Bertz CT molecular complexity index is 639. The zero-order valence-electron chi connectivity index (χ0n) is 12.0. The van der Waals surface area contributed by atoms with E-state index in [0.717, 1.165) is 16.9 Å². The van der Waals surface area contributed by atoms with Gasteiger partial charge in [-0.1, -0.05) is 20.8 Å². The number of carboxylic acid groups (broad SMARTS) is 1. The number of methoxy groups -OCH3 is 1. The number of hydrogen-bond acceptors (Lipinski definition) is 3.